The number of carbonyl (C=O) groups is 1. The zero-order chi connectivity index (χ0) is 22.6. The lowest BCUT2D eigenvalue weighted by atomic mass is 9.93. The number of rotatable bonds is 5. The molecular formula is C24H28N6O3. The fourth-order valence-corrected chi connectivity index (χ4v) is 4.35. The number of carbonyl (C=O) groups excluding carboxylic acids is 1. The molecule has 1 aliphatic carbocycles. The summed E-state index contributed by atoms with van der Waals surface area (Å²) in [7, 11) is 0. The minimum atomic E-state index is -0.244. The number of ether oxygens (including phenoxy) is 1. The number of morpholine rings is 1. The quantitative estimate of drug-likeness (QED) is 0.546. The van der Waals surface area contributed by atoms with E-state index in [-0.39, 0.29) is 18.1 Å². The Morgan fingerprint density at radius 1 is 1.03 bits per heavy atom. The normalized spacial score (nSPS) is 21.1. The lowest BCUT2D eigenvalue weighted by Crippen LogP contribution is -2.36. The molecule has 3 heterocycles. The largest absolute Gasteiger partial charge is 0.393 e. The molecule has 5 rings (SSSR count). The number of benzene rings is 1. The van der Waals surface area contributed by atoms with Gasteiger partial charge in [0.2, 0.25) is 5.95 Å². The second kappa shape index (κ2) is 9.68. The highest BCUT2D eigenvalue weighted by Gasteiger charge is 2.20. The average molecular weight is 449 g/mol. The molecule has 33 heavy (non-hydrogen) atoms. The molecule has 1 amide bonds. The molecule has 1 aliphatic heterocycles. The number of anilines is 3. The van der Waals surface area contributed by atoms with Crippen LogP contribution in [0, 0.1) is 0 Å². The van der Waals surface area contributed by atoms with Gasteiger partial charge >= 0.3 is 0 Å². The van der Waals surface area contributed by atoms with Crippen LogP contribution in [0.4, 0.5) is 17.5 Å². The van der Waals surface area contributed by atoms with Crippen molar-refractivity contribution >= 4 is 34.3 Å². The van der Waals surface area contributed by atoms with Crippen molar-refractivity contribution < 1.29 is 14.6 Å². The van der Waals surface area contributed by atoms with Gasteiger partial charge in [-0.25, -0.2) is 15.0 Å². The summed E-state index contributed by atoms with van der Waals surface area (Å²) in [5.41, 5.74) is 1.71. The highest BCUT2D eigenvalue weighted by atomic mass is 16.5. The minimum absolute atomic E-state index is 0.215. The van der Waals surface area contributed by atoms with Crippen LogP contribution in [0.5, 0.6) is 0 Å². The van der Waals surface area contributed by atoms with Crippen LogP contribution < -0.4 is 15.5 Å². The van der Waals surface area contributed by atoms with Crippen LogP contribution in [0.25, 0.3) is 10.9 Å². The number of aliphatic hydroxyl groups excluding tert-OH is 1. The summed E-state index contributed by atoms with van der Waals surface area (Å²) < 4.78 is 5.39. The summed E-state index contributed by atoms with van der Waals surface area (Å²) in [6.45, 7) is 3.02. The van der Waals surface area contributed by atoms with E-state index < -0.39 is 0 Å². The highest BCUT2D eigenvalue weighted by molar-refractivity contribution is 6.11. The van der Waals surface area contributed by atoms with Crippen molar-refractivity contribution in [2.45, 2.75) is 37.8 Å². The SMILES string of the molecule is O=C(Nc1ccc(N2CCOCC2)nc1)c1cccc2cnc(N[C@H]3CC[C@H](O)CC3)nc12. The molecular weight excluding hydrogens is 420 g/mol. The van der Waals surface area contributed by atoms with E-state index in [0.717, 1.165) is 50.0 Å². The van der Waals surface area contributed by atoms with Crippen molar-refractivity contribution in [2.75, 3.05) is 41.8 Å². The van der Waals surface area contributed by atoms with E-state index in [1.54, 1.807) is 18.5 Å². The monoisotopic (exact) mass is 448 g/mol. The lowest BCUT2D eigenvalue weighted by molar-refractivity contribution is 0.102. The van der Waals surface area contributed by atoms with Crippen LogP contribution in [0.2, 0.25) is 0 Å². The van der Waals surface area contributed by atoms with Gasteiger partial charge in [0, 0.05) is 30.7 Å². The third kappa shape index (κ3) is 5.04. The fourth-order valence-electron chi connectivity index (χ4n) is 4.35. The van der Waals surface area contributed by atoms with E-state index in [2.05, 4.69) is 30.5 Å². The second-order valence-electron chi connectivity index (χ2n) is 8.55. The van der Waals surface area contributed by atoms with Gasteiger partial charge in [-0.3, -0.25) is 4.79 Å². The Morgan fingerprint density at radius 3 is 2.61 bits per heavy atom. The van der Waals surface area contributed by atoms with Crippen LogP contribution >= 0.6 is 0 Å². The minimum Gasteiger partial charge on any atom is -0.393 e. The van der Waals surface area contributed by atoms with E-state index in [9.17, 15) is 9.90 Å². The van der Waals surface area contributed by atoms with E-state index in [0.29, 0.717) is 35.9 Å². The summed E-state index contributed by atoms with van der Waals surface area (Å²) in [5, 5.41) is 16.8. The topological polar surface area (TPSA) is 113 Å². The molecule has 0 spiro atoms. The predicted octanol–water partition coefficient (Wildman–Crippen LogP) is 2.83. The molecule has 2 aromatic heterocycles. The van der Waals surface area contributed by atoms with E-state index >= 15 is 0 Å². The average Bonchev–Trinajstić information content (AvgIpc) is 2.86. The van der Waals surface area contributed by atoms with Crippen molar-refractivity contribution in [3.63, 3.8) is 0 Å². The third-order valence-corrected chi connectivity index (χ3v) is 6.23. The maximum atomic E-state index is 13.1. The summed E-state index contributed by atoms with van der Waals surface area (Å²) in [4.78, 5) is 28.8. The van der Waals surface area contributed by atoms with Crippen molar-refractivity contribution in [3.05, 3.63) is 48.3 Å². The van der Waals surface area contributed by atoms with Crippen molar-refractivity contribution in [2.24, 2.45) is 0 Å². The Labute approximate surface area is 192 Å². The van der Waals surface area contributed by atoms with Crippen LogP contribution in [0.3, 0.4) is 0 Å². The summed E-state index contributed by atoms with van der Waals surface area (Å²) in [5.74, 6) is 1.13. The van der Waals surface area contributed by atoms with Gasteiger partial charge < -0.3 is 25.4 Å². The predicted molar refractivity (Wildman–Crippen MR) is 127 cm³/mol. The molecule has 1 aromatic carbocycles. The van der Waals surface area contributed by atoms with Crippen molar-refractivity contribution in [1.29, 1.82) is 0 Å². The summed E-state index contributed by atoms with van der Waals surface area (Å²) >= 11 is 0. The van der Waals surface area contributed by atoms with Gasteiger partial charge in [-0.05, 0) is 43.9 Å². The molecule has 0 bridgehead atoms. The summed E-state index contributed by atoms with van der Waals surface area (Å²) in [6, 6.07) is 9.49. The number of pyridine rings is 1. The molecule has 9 nitrogen and oxygen atoms in total. The maximum absolute atomic E-state index is 13.1. The Balaban J connectivity index is 1.31. The summed E-state index contributed by atoms with van der Waals surface area (Å²) in [6.07, 6.45) is 6.49. The zero-order valence-electron chi connectivity index (χ0n) is 18.4. The van der Waals surface area contributed by atoms with Crippen molar-refractivity contribution in [1.82, 2.24) is 15.0 Å². The number of para-hydroxylation sites is 1. The molecule has 9 heteroatoms. The smallest absolute Gasteiger partial charge is 0.257 e. The molecule has 0 unspecified atom stereocenters. The first kappa shape index (κ1) is 21.5. The van der Waals surface area contributed by atoms with E-state index in [4.69, 9.17) is 4.74 Å². The fraction of sp³-hybridized carbons (Fsp3) is 0.417. The number of amides is 1. The molecule has 3 N–H and O–H groups in total. The van der Waals surface area contributed by atoms with Gasteiger partial charge in [-0.2, -0.15) is 0 Å². The number of fused-ring (bicyclic) bond motifs is 1. The second-order valence-corrected chi connectivity index (χ2v) is 8.55. The van der Waals surface area contributed by atoms with Crippen LogP contribution in [0.1, 0.15) is 36.0 Å². The third-order valence-electron chi connectivity index (χ3n) is 6.23. The first-order valence-electron chi connectivity index (χ1n) is 11.5. The van der Waals surface area contributed by atoms with Crippen molar-refractivity contribution in [3.8, 4) is 0 Å². The highest BCUT2D eigenvalue weighted by Crippen LogP contribution is 2.23. The number of nitrogens with one attached hydrogen (secondary N) is 2. The number of hydrogen-bond donors (Lipinski definition) is 3. The Morgan fingerprint density at radius 2 is 1.85 bits per heavy atom. The molecule has 0 atom stereocenters. The lowest BCUT2D eigenvalue weighted by Gasteiger charge is -2.27. The molecule has 1 saturated heterocycles. The molecule has 172 valence electrons. The number of nitrogens with zero attached hydrogens (tertiary/aromatic N) is 4. The maximum Gasteiger partial charge on any atom is 0.257 e. The van der Waals surface area contributed by atoms with E-state index in [1.165, 1.54) is 0 Å². The first-order valence-corrected chi connectivity index (χ1v) is 11.5. The van der Waals surface area contributed by atoms with Gasteiger partial charge in [-0.15, -0.1) is 0 Å². The zero-order valence-corrected chi connectivity index (χ0v) is 18.4. The van der Waals surface area contributed by atoms with Crippen LogP contribution in [0.15, 0.2) is 42.7 Å². The van der Waals surface area contributed by atoms with E-state index in [1.807, 2.05) is 24.3 Å². The standard InChI is InChI=1S/C24H28N6O3/c31-19-7-4-17(5-8-19)28-24-26-14-16-2-1-3-20(22(16)29-24)23(32)27-18-6-9-21(25-15-18)30-10-12-33-13-11-30/h1-3,6,9,14-15,17,19,31H,4-5,7-8,10-13H2,(H,27,32)(H,26,28,29)/t17-,19-. The number of aromatic nitrogens is 3. The Kier molecular flexibility index (Phi) is 6.32. The number of hydrogen-bond acceptors (Lipinski definition) is 8. The Hall–Kier alpha value is -3.30. The van der Waals surface area contributed by atoms with Gasteiger partial charge in [0.05, 0.1) is 42.3 Å². The van der Waals surface area contributed by atoms with Gasteiger partial charge in [0.1, 0.15) is 5.82 Å². The van der Waals surface area contributed by atoms with Crippen LogP contribution in [-0.4, -0.2) is 64.4 Å². The molecule has 0 radical (unpaired) electrons. The van der Waals surface area contributed by atoms with Crippen LogP contribution in [-0.2, 0) is 4.74 Å². The number of aliphatic hydroxyl groups is 1. The van der Waals surface area contributed by atoms with Gasteiger partial charge in [-0.1, -0.05) is 12.1 Å². The van der Waals surface area contributed by atoms with Gasteiger partial charge in [0.15, 0.2) is 0 Å². The first-order chi connectivity index (χ1) is 16.2. The molecule has 3 aromatic rings. The molecule has 2 aliphatic rings. The Bertz CT molecular complexity index is 1110. The van der Waals surface area contributed by atoms with Gasteiger partial charge in [0.25, 0.3) is 5.91 Å². The molecule has 1 saturated carbocycles. The molecule has 2 fully saturated rings.